The van der Waals surface area contributed by atoms with Gasteiger partial charge in [0.2, 0.25) is 0 Å². The molecular weight excluding hydrogens is 362 g/mol. The van der Waals surface area contributed by atoms with Crippen LogP contribution in [0.2, 0.25) is 0 Å². The van der Waals surface area contributed by atoms with Crippen LogP contribution in [0.3, 0.4) is 0 Å². The van der Waals surface area contributed by atoms with Crippen molar-refractivity contribution in [3.8, 4) is 0 Å². The molecule has 156 valence electrons. The lowest BCUT2D eigenvalue weighted by molar-refractivity contribution is -0.00127. The van der Waals surface area contributed by atoms with Crippen LogP contribution in [0.25, 0.3) is 0 Å². The summed E-state index contributed by atoms with van der Waals surface area (Å²) in [5.41, 5.74) is 2.06. The van der Waals surface area contributed by atoms with Gasteiger partial charge in [0.15, 0.2) is 0 Å². The van der Waals surface area contributed by atoms with Crippen molar-refractivity contribution in [3.05, 3.63) is 71.8 Å². The summed E-state index contributed by atoms with van der Waals surface area (Å²) in [5.74, 6) is 0. The van der Waals surface area contributed by atoms with E-state index < -0.39 is 5.60 Å². The number of carbonyl (C=O) groups is 1. The second kappa shape index (κ2) is 9.42. The first-order valence-electron chi connectivity index (χ1n) is 10.4. The highest BCUT2D eigenvalue weighted by Crippen LogP contribution is 2.32. The van der Waals surface area contributed by atoms with Crippen LogP contribution in [0, 0.1) is 0 Å². The summed E-state index contributed by atoms with van der Waals surface area (Å²) in [4.78, 5) is 17.0. The summed E-state index contributed by atoms with van der Waals surface area (Å²) in [6, 6.07) is 21.6. The average molecular weight is 396 g/mol. The van der Waals surface area contributed by atoms with Gasteiger partial charge >= 0.3 is 6.09 Å². The van der Waals surface area contributed by atoms with Gasteiger partial charge in [0.25, 0.3) is 0 Å². The van der Waals surface area contributed by atoms with Crippen molar-refractivity contribution in [3.63, 3.8) is 0 Å². The maximum atomic E-state index is 12.6. The third-order valence-corrected chi connectivity index (χ3v) is 5.18. The van der Waals surface area contributed by atoms with E-state index >= 15 is 0 Å². The predicted octanol–water partition coefficient (Wildman–Crippen LogP) is 3.92. The average Bonchev–Trinajstić information content (AvgIpc) is 2.70. The highest BCUT2D eigenvalue weighted by molar-refractivity contribution is 5.68. The minimum Gasteiger partial charge on any atom is -0.444 e. The molecule has 1 fully saturated rings. The first kappa shape index (κ1) is 21.3. The molecule has 3 rings (SSSR count). The Morgan fingerprint density at radius 2 is 1.59 bits per heavy atom. The number of amides is 1. The van der Waals surface area contributed by atoms with Crippen molar-refractivity contribution < 1.29 is 9.53 Å². The molecule has 1 atom stereocenters. The van der Waals surface area contributed by atoms with Crippen LogP contribution in [-0.2, 0) is 4.74 Å². The number of ether oxygens (including phenoxy) is 1. The zero-order valence-electron chi connectivity index (χ0n) is 18.0. The Balaban J connectivity index is 1.87. The van der Waals surface area contributed by atoms with E-state index in [1.54, 1.807) is 0 Å². The smallest absolute Gasteiger partial charge is 0.410 e. The summed E-state index contributed by atoms with van der Waals surface area (Å²) >= 11 is 0. The van der Waals surface area contributed by atoms with Crippen LogP contribution < -0.4 is 5.32 Å². The molecule has 5 heteroatoms. The molecule has 0 saturated carbocycles. The van der Waals surface area contributed by atoms with Gasteiger partial charge in [-0.05, 0) is 38.9 Å². The fourth-order valence-electron chi connectivity index (χ4n) is 3.97. The second-order valence-corrected chi connectivity index (χ2v) is 8.60. The molecule has 2 aromatic rings. The molecule has 1 unspecified atom stereocenters. The van der Waals surface area contributed by atoms with Crippen LogP contribution in [0.1, 0.15) is 37.9 Å². The minimum atomic E-state index is -0.483. The van der Waals surface area contributed by atoms with Crippen molar-refractivity contribution in [1.29, 1.82) is 0 Å². The van der Waals surface area contributed by atoms with E-state index in [9.17, 15) is 4.79 Å². The largest absolute Gasteiger partial charge is 0.444 e. The Labute approximate surface area is 174 Å². The molecular formula is C24H33N3O2. The van der Waals surface area contributed by atoms with E-state index in [1.165, 1.54) is 11.1 Å². The summed E-state index contributed by atoms with van der Waals surface area (Å²) in [5, 5.41) is 3.31. The van der Waals surface area contributed by atoms with Gasteiger partial charge in [-0.25, -0.2) is 4.79 Å². The van der Waals surface area contributed by atoms with Crippen molar-refractivity contribution >= 4 is 6.09 Å². The van der Waals surface area contributed by atoms with Crippen molar-refractivity contribution in [2.45, 2.75) is 38.5 Å². The van der Waals surface area contributed by atoms with E-state index in [4.69, 9.17) is 4.74 Å². The van der Waals surface area contributed by atoms with Crippen LogP contribution >= 0.6 is 0 Å². The van der Waals surface area contributed by atoms with Crippen LogP contribution in [0.5, 0.6) is 0 Å². The highest BCUT2D eigenvalue weighted by atomic mass is 16.6. The number of hydrogen-bond donors (Lipinski definition) is 1. The van der Waals surface area contributed by atoms with E-state index in [2.05, 4.69) is 70.9 Å². The monoisotopic (exact) mass is 395 g/mol. The van der Waals surface area contributed by atoms with Gasteiger partial charge < -0.3 is 15.0 Å². The lowest BCUT2D eigenvalue weighted by atomic mass is 9.94. The summed E-state index contributed by atoms with van der Waals surface area (Å²) in [6.07, 6.45) is -0.228. The Morgan fingerprint density at radius 1 is 1.03 bits per heavy atom. The number of piperazine rings is 1. The summed E-state index contributed by atoms with van der Waals surface area (Å²) in [7, 11) is 1.96. The molecule has 29 heavy (non-hydrogen) atoms. The zero-order valence-corrected chi connectivity index (χ0v) is 18.0. The maximum absolute atomic E-state index is 12.6. The molecule has 1 heterocycles. The zero-order chi connectivity index (χ0) is 20.9. The molecule has 1 saturated heterocycles. The third kappa shape index (κ3) is 5.58. The standard InChI is InChI=1S/C24H33N3O2/c1-24(2,3)29-23(28)26-15-16-27(21(18-26)17-25-4)22(19-11-7-5-8-12-19)20-13-9-6-10-14-20/h5-14,21-22,25H,15-18H2,1-4H3. The number of nitrogens with one attached hydrogen (secondary N) is 1. The predicted molar refractivity (Wildman–Crippen MR) is 117 cm³/mol. The van der Waals surface area contributed by atoms with Crippen molar-refractivity contribution in [2.24, 2.45) is 0 Å². The number of carbonyl (C=O) groups excluding carboxylic acids is 1. The van der Waals surface area contributed by atoms with Gasteiger partial charge in [0, 0.05) is 32.2 Å². The fourth-order valence-corrected chi connectivity index (χ4v) is 3.97. The number of likely N-dealkylation sites (N-methyl/N-ethyl adjacent to an activating group) is 1. The molecule has 1 aliphatic rings. The Hall–Kier alpha value is -2.37. The first-order chi connectivity index (χ1) is 13.9. The number of benzene rings is 2. The fraction of sp³-hybridized carbons (Fsp3) is 0.458. The van der Waals surface area contributed by atoms with Crippen molar-refractivity contribution in [2.75, 3.05) is 33.2 Å². The van der Waals surface area contributed by atoms with Crippen LogP contribution in [0.4, 0.5) is 4.79 Å². The Kier molecular flexibility index (Phi) is 6.93. The summed E-state index contributed by atoms with van der Waals surface area (Å²) < 4.78 is 5.62. The second-order valence-electron chi connectivity index (χ2n) is 8.60. The molecule has 2 aromatic carbocycles. The molecule has 5 nitrogen and oxygen atoms in total. The van der Waals surface area contributed by atoms with Crippen LogP contribution in [0.15, 0.2) is 60.7 Å². The normalized spacial score (nSPS) is 18.1. The maximum Gasteiger partial charge on any atom is 0.410 e. The van der Waals surface area contributed by atoms with Gasteiger partial charge in [0.05, 0.1) is 6.04 Å². The van der Waals surface area contributed by atoms with E-state index in [-0.39, 0.29) is 18.2 Å². The van der Waals surface area contributed by atoms with Gasteiger partial charge in [-0.1, -0.05) is 60.7 Å². The van der Waals surface area contributed by atoms with E-state index in [0.717, 1.165) is 13.1 Å². The molecule has 0 aromatic heterocycles. The quantitative estimate of drug-likeness (QED) is 0.834. The molecule has 0 aliphatic carbocycles. The number of hydrogen-bond acceptors (Lipinski definition) is 4. The van der Waals surface area contributed by atoms with Crippen molar-refractivity contribution in [1.82, 2.24) is 15.1 Å². The Morgan fingerprint density at radius 3 is 2.07 bits per heavy atom. The van der Waals surface area contributed by atoms with E-state index in [1.807, 2.05) is 32.7 Å². The molecule has 0 radical (unpaired) electrons. The summed E-state index contributed by atoms with van der Waals surface area (Å²) in [6.45, 7) is 8.62. The van der Waals surface area contributed by atoms with Crippen LogP contribution in [-0.4, -0.2) is 60.8 Å². The van der Waals surface area contributed by atoms with E-state index in [0.29, 0.717) is 13.1 Å². The first-order valence-corrected chi connectivity index (χ1v) is 10.4. The number of rotatable bonds is 5. The highest BCUT2D eigenvalue weighted by Gasteiger charge is 2.36. The lowest BCUT2D eigenvalue weighted by Crippen LogP contribution is -2.59. The molecule has 0 spiro atoms. The third-order valence-electron chi connectivity index (χ3n) is 5.18. The topological polar surface area (TPSA) is 44.8 Å². The molecule has 1 amide bonds. The Bertz CT molecular complexity index is 734. The number of nitrogens with zero attached hydrogens (tertiary/aromatic N) is 2. The van der Waals surface area contributed by atoms with Gasteiger partial charge in [0.1, 0.15) is 5.60 Å². The molecule has 1 aliphatic heterocycles. The SMILES string of the molecule is CNCC1CN(C(=O)OC(C)(C)C)CCN1C(c1ccccc1)c1ccccc1. The minimum absolute atomic E-state index is 0.150. The lowest BCUT2D eigenvalue weighted by Gasteiger charge is -2.45. The molecule has 1 N–H and O–H groups in total. The van der Waals surface area contributed by atoms with Gasteiger partial charge in [-0.2, -0.15) is 0 Å². The van der Waals surface area contributed by atoms with Gasteiger partial charge in [-0.15, -0.1) is 0 Å². The van der Waals surface area contributed by atoms with Gasteiger partial charge in [-0.3, -0.25) is 4.90 Å². The molecule has 0 bridgehead atoms.